The van der Waals surface area contributed by atoms with Crippen LogP contribution in [0.4, 0.5) is 0 Å². The molecule has 1 amide bonds. The van der Waals surface area contributed by atoms with E-state index in [1.54, 1.807) is 6.07 Å². The minimum Gasteiger partial charge on any atom is -0.352 e. The standard InChI is InChI=1S/C16H20N2O2S/c1-10-8-14(21-11(10)2)15(19)13(9-17)16(20)18-12-6-4-3-5-7-12/h8,12-13H,3-7H2,1-2H3,(H,18,20). The molecular formula is C16H20N2O2S. The van der Waals surface area contributed by atoms with Crippen molar-refractivity contribution < 1.29 is 9.59 Å². The van der Waals surface area contributed by atoms with Crippen LogP contribution in [0, 0.1) is 31.1 Å². The number of Topliss-reactive ketones (excluding diaryl/α,β-unsaturated/α-hetero) is 1. The van der Waals surface area contributed by atoms with Crippen molar-refractivity contribution in [1.82, 2.24) is 5.32 Å². The van der Waals surface area contributed by atoms with Gasteiger partial charge in [0, 0.05) is 10.9 Å². The molecule has 1 aliphatic carbocycles. The summed E-state index contributed by atoms with van der Waals surface area (Å²) in [6.07, 6.45) is 5.27. The van der Waals surface area contributed by atoms with Crippen molar-refractivity contribution in [3.63, 3.8) is 0 Å². The quantitative estimate of drug-likeness (QED) is 0.686. The van der Waals surface area contributed by atoms with Gasteiger partial charge in [0.1, 0.15) is 0 Å². The average Bonchev–Trinajstić information content (AvgIpc) is 2.80. The number of nitrogens with one attached hydrogen (secondary N) is 1. The van der Waals surface area contributed by atoms with E-state index in [1.807, 2.05) is 19.9 Å². The molecule has 4 nitrogen and oxygen atoms in total. The number of ketones is 1. The van der Waals surface area contributed by atoms with Crippen LogP contribution in [0.25, 0.3) is 0 Å². The second kappa shape index (κ2) is 6.86. The van der Waals surface area contributed by atoms with Crippen LogP contribution in [0.15, 0.2) is 6.07 Å². The molecule has 1 saturated carbocycles. The maximum Gasteiger partial charge on any atom is 0.245 e. The average molecular weight is 304 g/mol. The fraction of sp³-hybridized carbons (Fsp3) is 0.562. The molecule has 1 heterocycles. The molecule has 21 heavy (non-hydrogen) atoms. The highest BCUT2D eigenvalue weighted by molar-refractivity contribution is 7.14. The Balaban J connectivity index is 2.06. The van der Waals surface area contributed by atoms with Gasteiger partial charge in [0.15, 0.2) is 11.7 Å². The molecule has 0 saturated heterocycles. The van der Waals surface area contributed by atoms with Crippen molar-refractivity contribution in [2.24, 2.45) is 5.92 Å². The van der Waals surface area contributed by atoms with E-state index < -0.39 is 11.8 Å². The van der Waals surface area contributed by atoms with Gasteiger partial charge in [-0.05, 0) is 38.3 Å². The number of carbonyl (C=O) groups excluding carboxylic acids is 2. The van der Waals surface area contributed by atoms with Gasteiger partial charge >= 0.3 is 0 Å². The minimum absolute atomic E-state index is 0.113. The lowest BCUT2D eigenvalue weighted by Gasteiger charge is -2.23. The third kappa shape index (κ3) is 3.70. The van der Waals surface area contributed by atoms with Crippen LogP contribution in [0.2, 0.25) is 0 Å². The monoisotopic (exact) mass is 304 g/mol. The molecule has 0 aromatic carbocycles. The van der Waals surface area contributed by atoms with Gasteiger partial charge in [-0.1, -0.05) is 19.3 Å². The second-order valence-electron chi connectivity index (χ2n) is 5.62. The Morgan fingerprint density at radius 3 is 2.52 bits per heavy atom. The number of hydrogen-bond acceptors (Lipinski definition) is 4. The Labute approximate surface area is 129 Å². The SMILES string of the molecule is Cc1cc(C(=O)C(C#N)C(=O)NC2CCCCC2)sc1C. The third-order valence-electron chi connectivity index (χ3n) is 4.01. The Hall–Kier alpha value is -1.67. The molecule has 1 aliphatic rings. The molecule has 1 aromatic heterocycles. The summed E-state index contributed by atoms with van der Waals surface area (Å²) in [6, 6.07) is 3.74. The summed E-state index contributed by atoms with van der Waals surface area (Å²) in [5, 5.41) is 12.1. The highest BCUT2D eigenvalue weighted by atomic mass is 32.1. The highest BCUT2D eigenvalue weighted by Crippen LogP contribution is 2.24. The maximum absolute atomic E-state index is 12.4. The van der Waals surface area contributed by atoms with Gasteiger partial charge in [-0.2, -0.15) is 5.26 Å². The molecule has 0 spiro atoms. The summed E-state index contributed by atoms with van der Waals surface area (Å²) in [5.41, 5.74) is 1.02. The molecule has 5 heteroatoms. The lowest BCUT2D eigenvalue weighted by Crippen LogP contribution is -2.41. The predicted octanol–water partition coefficient (Wildman–Crippen LogP) is 3.14. The van der Waals surface area contributed by atoms with Crippen LogP contribution >= 0.6 is 11.3 Å². The summed E-state index contributed by atoms with van der Waals surface area (Å²) >= 11 is 1.35. The molecule has 1 aromatic rings. The summed E-state index contributed by atoms with van der Waals surface area (Å²) in [5.74, 6) is -2.06. The lowest BCUT2D eigenvalue weighted by molar-refractivity contribution is -0.123. The molecule has 1 N–H and O–H groups in total. The largest absolute Gasteiger partial charge is 0.352 e. The molecule has 1 fully saturated rings. The second-order valence-corrected chi connectivity index (χ2v) is 6.88. The van der Waals surface area contributed by atoms with Gasteiger partial charge in [-0.25, -0.2) is 0 Å². The van der Waals surface area contributed by atoms with E-state index in [1.165, 1.54) is 17.8 Å². The highest BCUT2D eigenvalue weighted by Gasteiger charge is 2.30. The third-order valence-corrected chi connectivity index (χ3v) is 5.18. The van der Waals surface area contributed by atoms with Crippen LogP contribution in [-0.2, 0) is 4.79 Å². The van der Waals surface area contributed by atoms with Crippen LogP contribution in [0.1, 0.15) is 52.2 Å². The van der Waals surface area contributed by atoms with Crippen molar-refractivity contribution in [3.05, 3.63) is 21.4 Å². The summed E-state index contributed by atoms with van der Waals surface area (Å²) in [7, 11) is 0. The number of thiophene rings is 1. The summed E-state index contributed by atoms with van der Waals surface area (Å²) < 4.78 is 0. The number of hydrogen-bond donors (Lipinski definition) is 1. The zero-order chi connectivity index (χ0) is 15.4. The Morgan fingerprint density at radius 2 is 2.00 bits per heavy atom. The van der Waals surface area contributed by atoms with Gasteiger partial charge in [0.2, 0.25) is 5.91 Å². The number of rotatable bonds is 4. The Bertz CT molecular complexity index is 560. The van der Waals surface area contributed by atoms with Gasteiger partial charge in [0.05, 0.1) is 10.9 Å². The molecule has 0 radical (unpaired) electrons. The molecule has 112 valence electrons. The minimum atomic E-state index is -1.23. The number of aryl methyl sites for hydroxylation is 2. The zero-order valence-corrected chi connectivity index (χ0v) is 13.3. The first-order chi connectivity index (χ1) is 10.0. The van der Waals surface area contributed by atoms with Crippen molar-refractivity contribution >= 4 is 23.0 Å². The van der Waals surface area contributed by atoms with Gasteiger partial charge in [0.25, 0.3) is 0 Å². The number of amides is 1. The van der Waals surface area contributed by atoms with E-state index >= 15 is 0 Å². The first-order valence-electron chi connectivity index (χ1n) is 7.34. The predicted molar refractivity (Wildman–Crippen MR) is 82.2 cm³/mol. The van der Waals surface area contributed by atoms with Gasteiger partial charge < -0.3 is 5.32 Å². The van der Waals surface area contributed by atoms with Crippen LogP contribution < -0.4 is 5.32 Å². The van der Waals surface area contributed by atoms with Crippen LogP contribution in [0.3, 0.4) is 0 Å². The lowest BCUT2D eigenvalue weighted by atomic mass is 9.94. The molecule has 2 rings (SSSR count). The van der Waals surface area contributed by atoms with E-state index in [2.05, 4.69) is 5.32 Å². The molecular weight excluding hydrogens is 284 g/mol. The summed E-state index contributed by atoms with van der Waals surface area (Å²) in [4.78, 5) is 26.1. The number of nitriles is 1. The molecule has 0 aliphatic heterocycles. The van der Waals surface area contributed by atoms with E-state index in [9.17, 15) is 14.9 Å². The number of nitrogens with zero attached hydrogens (tertiary/aromatic N) is 1. The van der Waals surface area contributed by atoms with Crippen LogP contribution in [-0.4, -0.2) is 17.7 Å². The maximum atomic E-state index is 12.4. The summed E-state index contributed by atoms with van der Waals surface area (Å²) in [6.45, 7) is 3.85. The smallest absolute Gasteiger partial charge is 0.245 e. The van der Waals surface area contributed by atoms with Crippen LogP contribution in [0.5, 0.6) is 0 Å². The fourth-order valence-electron chi connectivity index (χ4n) is 2.60. The van der Waals surface area contributed by atoms with Gasteiger partial charge in [-0.3, -0.25) is 9.59 Å². The number of carbonyl (C=O) groups is 2. The van der Waals surface area contributed by atoms with E-state index in [0.717, 1.165) is 36.1 Å². The first kappa shape index (κ1) is 15.7. The van der Waals surface area contributed by atoms with E-state index in [4.69, 9.17) is 0 Å². The van der Waals surface area contributed by atoms with Crippen molar-refractivity contribution in [2.75, 3.05) is 0 Å². The Kier molecular flexibility index (Phi) is 5.13. The van der Waals surface area contributed by atoms with Gasteiger partial charge in [-0.15, -0.1) is 11.3 Å². The topological polar surface area (TPSA) is 70.0 Å². The first-order valence-corrected chi connectivity index (χ1v) is 8.16. The molecule has 1 unspecified atom stereocenters. The van der Waals surface area contributed by atoms with Crippen molar-refractivity contribution in [3.8, 4) is 6.07 Å². The van der Waals surface area contributed by atoms with Crippen molar-refractivity contribution in [1.29, 1.82) is 5.26 Å². The van der Waals surface area contributed by atoms with E-state index in [0.29, 0.717) is 4.88 Å². The molecule has 1 atom stereocenters. The van der Waals surface area contributed by atoms with E-state index in [-0.39, 0.29) is 11.8 Å². The zero-order valence-electron chi connectivity index (χ0n) is 12.4. The Morgan fingerprint density at radius 1 is 1.33 bits per heavy atom. The fourth-order valence-corrected chi connectivity index (χ4v) is 3.61. The molecule has 0 bridgehead atoms. The normalized spacial score (nSPS) is 17.0. The van der Waals surface area contributed by atoms with Crippen molar-refractivity contribution in [2.45, 2.75) is 52.0 Å².